The van der Waals surface area contributed by atoms with Crippen molar-refractivity contribution in [2.24, 2.45) is 0 Å². The van der Waals surface area contributed by atoms with Gasteiger partial charge in [0.15, 0.2) is 18.2 Å². The zero-order valence-corrected chi connectivity index (χ0v) is 16.6. The van der Waals surface area contributed by atoms with Crippen molar-refractivity contribution < 1.29 is 23.9 Å². The molecule has 1 fully saturated rings. The molecule has 1 saturated heterocycles. The average Bonchev–Trinajstić information content (AvgIpc) is 2.59. The van der Waals surface area contributed by atoms with Crippen LogP contribution in [0.2, 0.25) is 0 Å². The first-order chi connectivity index (χ1) is 13.4. The van der Waals surface area contributed by atoms with Crippen LogP contribution in [0.3, 0.4) is 0 Å². The van der Waals surface area contributed by atoms with Crippen LogP contribution < -0.4 is 0 Å². The Hall–Kier alpha value is -2.53. The minimum Gasteiger partial charge on any atom is -0.451 e. The Morgan fingerprint density at radius 1 is 1.11 bits per heavy atom. The fourth-order valence-corrected chi connectivity index (χ4v) is 3.31. The molecule has 0 spiro atoms. The van der Waals surface area contributed by atoms with Crippen LogP contribution in [0.25, 0.3) is 0 Å². The van der Waals surface area contributed by atoms with Crippen molar-refractivity contribution in [3.05, 3.63) is 59.8 Å². The molecule has 2 heterocycles. The van der Waals surface area contributed by atoms with Crippen molar-refractivity contribution in [1.82, 2.24) is 0 Å². The molecule has 5 nitrogen and oxygen atoms in total. The fourth-order valence-electron chi connectivity index (χ4n) is 3.31. The van der Waals surface area contributed by atoms with E-state index in [1.54, 1.807) is 12.2 Å². The number of carbonyl (C=O) groups excluding carboxylic acids is 3. The molecule has 1 unspecified atom stereocenters. The third kappa shape index (κ3) is 7.61. The predicted octanol–water partition coefficient (Wildman–Crippen LogP) is 3.96. The second-order valence-electron chi connectivity index (χ2n) is 7.44. The van der Waals surface area contributed by atoms with Crippen LogP contribution in [-0.4, -0.2) is 36.4 Å². The number of cyclic esters (lactones) is 1. The number of rotatable bonds is 1. The van der Waals surface area contributed by atoms with Crippen molar-refractivity contribution in [3.8, 4) is 0 Å². The van der Waals surface area contributed by atoms with Gasteiger partial charge in [0.25, 0.3) is 0 Å². The number of allylic oxidation sites excluding steroid dienone is 4. The summed E-state index contributed by atoms with van der Waals surface area (Å²) in [4.78, 5) is 35.3. The summed E-state index contributed by atoms with van der Waals surface area (Å²) in [5.74, 6) is -0.600. The number of esters is 1. The summed E-state index contributed by atoms with van der Waals surface area (Å²) in [5.41, 5.74) is 2.84. The van der Waals surface area contributed by atoms with E-state index < -0.39 is 12.1 Å². The van der Waals surface area contributed by atoms with E-state index in [1.807, 2.05) is 26.0 Å². The van der Waals surface area contributed by atoms with Gasteiger partial charge in [-0.25, -0.2) is 4.79 Å². The zero-order chi connectivity index (χ0) is 20.5. The van der Waals surface area contributed by atoms with E-state index in [0.717, 1.165) is 29.6 Å². The summed E-state index contributed by atoms with van der Waals surface area (Å²) >= 11 is 0. The van der Waals surface area contributed by atoms with Crippen molar-refractivity contribution in [2.75, 3.05) is 0 Å². The van der Waals surface area contributed by atoms with Gasteiger partial charge < -0.3 is 9.47 Å². The summed E-state index contributed by atoms with van der Waals surface area (Å²) in [7, 11) is 0. The normalized spacial score (nSPS) is 33.9. The van der Waals surface area contributed by atoms with Crippen LogP contribution in [0.4, 0.5) is 0 Å². The average molecular weight is 384 g/mol. The molecule has 3 atom stereocenters. The highest BCUT2D eigenvalue weighted by Gasteiger charge is 2.23. The van der Waals surface area contributed by atoms with Crippen LogP contribution in [0.15, 0.2) is 59.8 Å². The predicted molar refractivity (Wildman–Crippen MR) is 108 cm³/mol. The summed E-state index contributed by atoms with van der Waals surface area (Å²) in [6, 6.07) is 0. The number of aldehydes is 1. The molecule has 5 heteroatoms. The maximum absolute atomic E-state index is 12.1. The number of ether oxygens (including phenoxy) is 2. The molecule has 0 aromatic carbocycles. The second kappa shape index (κ2) is 10.7. The van der Waals surface area contributed by atoms with Gasteiger partial charge in [-0.15, -0.1) is 0 Å². The molecule has 0 radical (unpaired) electrons. The number of fused-ring (bicyclic) bond motifs is 2. The molecular weight excluding hydrogens is 356 g/mol. The Morgan fingerprint density at radius 2 is 1.89 bits per heavy atom. The molecule has 0 aromatic rings. The van der Waals surface area contributed by atoms with Gasteiger partial charge in [0.2, 0.25) is 0 Å². The number of hydrogen-bond acceptors (Lipinski definition) is 5. The first-order valence-electron chi connectivity index (χ1n) is 9.54. The van der Waals surface area contributed by atoms with Crippen molar-refractivity contribution in [2.45, 2.75) is 64.3 Å². The largest absolute Gasteiger partial charge is 0.451 e. The van der Waals surface area contributed by atoms with Gasteiger partial charge in [-0.2, -0.15) is 0 Å². The lowest BCUT2D eigenvalue weighted by molar-refractivity contribution is -0.146. The Bertz CT molecular complexity index is 738. The van der Waals surface area contributed by atoms with Crippen molar-refractivity contribution in [1.29, 1.82) is 0 Å². The summed E-state index contributed by atoms with van der Waals surface area (Å²) in [5, 5.41) is 0. The third-order valence-corrected chi connectivity index (χ3v) is 4.56. The maximum Gasteiger partial charge on any atom is 0.331 e. The summed E-state index contributed by atoms with van der Waals surface area (Å²) < 4.78 is 11.3. The van der Waals surface area contributed by atoms with E-state index in [9.17, 15) is 14.4 Å². The Balaban J connectivity index is 2.22. The topological polar surface area (TPSA) is 69.7 Å². The van der Waals surface area contributed by atoms with Crippen molar-refractivity contribution in [3.63, 3.8) is 0 Å². The molecule has 0 aromatic heterocycles. The van der Waals surface area contributed by atoms with Gasteiger partial charge in [0, 0.05) is 18.9 Å². The number of carbonyl (C=O) groups is 3. The third-order valence-electron chi connectivity index (χ3n) is 4.56. The maximum atomic E-state index is 12.1. The molecule has 0 amide bonds. The molecule has 0 saturated carbocycles. The molecule has 28 heavy (non-hydrogen) atoms. The van der Waals surface area contributed by atoms with E-state index in [2.05, 4.69) is 6.58 Å². The monoisotopic (exact) mass is 384 g/mol. The van der Waals surface area contributed by atoms with Crippen LogP contribution in [0, 0.1) is 0 Å². The zero-order valence-electron chi connectivity index (χ0n) is 16.6. The molecule has 2 aliphatic rings. The van der Waals surface area contributed by atoms with Crippen LogP contribution in [-0.2, 0) is 23.9 Å². The highest BCUT2D eigenvalue weighted by atomic mass is 16.5. The highest BCUT2D eigenvalue weighted by Crippen LogP contribution is 2.27. The van der Waals surface area contributed by atoms with Gasteiger partial charge in [-0.05, 0) is 39.2 Å². The van der Waals surface area contributed by atoms with Gasteiger partial charge in [-0.3, -0.25) is 9.59 Å². The molecule has 2 aliphatic heterocycles. The Morgan fingerprint density at radius 3 is 2.64 bits per heavy atom. The highest BCUT2D eigenvalue weighted by molar-refractivity contribution is 5.91. The molecule has 2 rings (SSSR count). The smallest absolute Gasteiger partial charge is 0.331 e. The first kappa shape index (κ1) is 21.8. The van der Waals surface area contributed by atoms with E-state index >= 15 is 0 Å². The lowest BCUT2D eigenvalue weighted by Gasteiger charge is -2.30. The lowest BCUT2D eigenvalue weighted by atomic mass is 9.95. The van der Waals surface area contributed by atoms with E-state index in [1.165, 1.54) is 12.2 Å². The Kier molecular flexibility index (Phi) is 8.33. The summed E-state index contributed by atoms with van der Waals surface area (Å²) in [6.45, 7) is 7.81. The van der Waals surface area contributed by atoms with Crippen LogP contribution in [0.1, 0.15) is 46.0 Å². The van der Waals surface area contributed by atoms with Gasteiger partial charge in [0.1, 0.15) is 0 Å². The van der Waals surface area contributed by atoms with Gasteiger partial charge in [0.05, 0.1) is 12.2 Å². The summed E-state index contributed by atoms with van der Waals surface area (Å²) in [6.07, 6.45) is 12.2. The quantitative estimate of drug-likeness (QED) is 0.389. The van der Waals surface area contributed by atoms with Crippen molar-refractivity contribution >= 4 is 18.0 Å². The van der Waals surface area contributed by atoms with E-state index in [-0.39, 0.29) is 24.4 Å². The van der Waals surface area contributed by atoms with E-state index in [0.29, 0.717) is 19.1 Å². The minimum absolute atomic E-state index is 0.00575. The van der Waals surface area contributed by atoms with Gasteiger partial charge in [-0.1, -0.05) is 47.6 Å². The Labute approximate surface area is 166 Å². The number of hydrogen-bond donors (Lipinski definition) is 0. The molecule has 0 N–H and O–H groups in total. The second-order valence-corrected chi connectivity index (χ2v) is 7.44. The SMILES string of the molecule is C=C1C[C@H]2C/C=C/C(=O)C/C(C)=C\C=C\C(=O)OC(C=O)C/C(C)=C/[C@@H](C1)O2. The first-order valence-corrected chi connectivity index (χ1v) is 9.54. The van der Waals surface area contributed by atoms with Crippen LogP contribution in [0.5, 0.6) is 0 Å². The molecule has 150 valence electrons. The minimum atomic E-state index is -0.843. The fraction of sp³-hybridized carbons (Fsp3) is 0.435. The van der Waals surface area contributed by atoms with E-state index in [4.69, 9.17) is 9.47 Å². The molecule has 2 bridgehead atoms. The number of ketones is 1. The molecule has 0 aliphatic carbocycles. The molecular formula is C23H28O5. The standard InChI is InChI=1S/C23H28O5/c1-16-6-4-9-23(26)28-22(15-24)14-18(3)13-21-12-17(2)11-20(27-21)8-5-7-19(25)10-16/h4-7,9,13,15,20-22H,2,8,10-12,14H2,1,3H3/b7-5+,9-4+,16-6-,18-13+/t20-,21-,22?/m1/s1. The van der Waals surface area contributed by atoms with Gasteiger partial charge >= 0.3 is 5.97 Å². The van der Waals surface area contributed by atoms with Crippen LogP contribution >= 0.6 is 0 Å². The lowest BCUT2D eigenvalue weighted by Crippen LogP contribution is -2.27.